The smallest absolute Gasteiger partial charge is 0.338 e. The van der Waals surface area contributed by atoms with Crippen LogP contribution in [0.15, 0.2) is 48.5 Å². The minimum absolute atomic E-state index is 0.0387. The van der Waals surface area contributed by atoms with E-state index >= 15 is 0 Å². The number of rotatable bonds is 11. The second kappa shape index (κ2) is 15.5. The van der Waals surface area contributed by atoms with E-state index in [2.05, 4.69) is 0 Å². The molecule has 0 aromatic heterocycles. The van der Waals surface area contributed by atoms with E-state index in [0.717, 1.165) is 20.8 Å². The fourth-order valence-corrected chi connectivity index (χ4v) is 4.22. The molecule has 1 heterocycles. The highest BCUT2D eigenvalue weighted by Gasteiger charge is 2.53. The maximum absolute atomic E-state index is 12.7. The molecule has 0 unspecified atom stereocenters. The topological polar surface area (TPSA) is 176 Å². The van der Waals surface area contributed by atoms with E-state index < -0.39 is 73.1 Å². The van der Waals surface area contributed by atoms with Crippen LogP contribution in [0, 0.1) is 0 Å². The molecule has 3 rings (SSSR count). The maximum atomic E-state index is 12.7. The van der Waals surface area contributed by atoms with Crippen molar-refractivity contribution < 1.29 is 66.7 Å². The fourth-order valence-electron chi connectivity index (χ4n) is 4.22. The lowest BCUT2D eigenvalue weighted by molar-refractivity contribution is -0.287. The number of carbonyl (C=O) groups is 6. The van der Waals surface area contributed by atoms with Gasteiger partial charge in [0.25, 0.3) is 0 Å². The largest absolute Gasteiger partial charge is 0.461 e. The zero-order valence-electron chi connectivity index (χ0n) is 24.6. The molecule has 5 atom stereocenters. The van der Waals surface area contributed by atoms with E-state index in [4.69, 9.17) is 37.9 Å². The Labute approximate surface area is 252 Å². The second-order valence-corrected chi connectivity index (χ2v) is 9.49. The van der Waals surface area contributed by atoms with E-state index in [1.807, 2.05) is 0 Å². The third-order valence-corrected chi connectivity index (χ3v) is 5.85. The van der Waals surface area contributed by atoms with Crippen LogP contribution in [0.5, 0.6) is 11.5 Å². The highest BCUT2D eigenvalue weighted by molar-refractivity contribution is 5.89. The summed E-state index contributed by atoms with van der Waals surface area (Å²) in [5.41, 5.74) is 0.458. The Hall–Kier alpha value is -4.98. The van der Waals surface area contributed by atoms with Gasteiger partial charge in [0.2, 0.25) is 12.4 Å². The maximum Gasteiger partial charge on any atom is 0.338 e. The summed E-state index contributed by atoms with van der Waals surface area (Å²) in [5, 5.41) is 0. The molecule has 1 fully saturated rings. The minimum Gasteiger partial charge on any atom is -0.461 e. The zero-order chi connectivity index (χ0) is 32.4. The van der Waals surface area contributed by atoms with E-state index in [0.29, 0.717) is 0 Å². The van der Waals surface area contributed by atoms with Gasteiger partial charge in [-0.3, -0.25) is 24.0 Å². The molecule has 2 aromatic rings. The van der Waals surface area contributed by atoms with Crippen molar-refractivity contribution in [2.24, 2.45) is 0 Å². The number of benzene rings is 2. The zero-order valence-corrected chi connectivity index (χ0v) is 24.6. The summed E-state index contributed by atoms with van der Waals surface area (Å²) in [6, 6.07) is 12.2. The summed E-state index contributed by atoms with van der Waals surface area (Å²) in [6.07, 6.45) is -7.22. The van der Waals surface area contributed by atoms with Crippen LogP contribution in [-0.2, 0) is 59.0 Å². The van der Waals surface area contributed by atoms with Crippen molar-refractivity contribution in [3.8, 4) is 11.5 Å². The van der Waals surface area contributed by atoms with Gasteiger partial charge in [-0.25, -0.2) is 4.79 Å². The van der Waals surface area contributed by atoms with Gasteiger partial charge in [-0.05, 0) is 30.3 Å². The predicted octanol–water partition coefficient (Wildman–Crippen LogP) is 2.43. The van der Waals surface area contributed by atoms with Gasteiger partial charge in [0.15, 0.2) is 12.2 Å². The highest BCUT2D eigenvalue weighted by Crippen LogP contribution is 2.33. The summed E-state index contributed by atoms with van der Waals surface area (Å²) < 4.78 is 44.1. The van der Waals surface area contributed by atoms with E-state index in [-0.39, 0.29) is 29.2 Å². The Kier molecular flexibility index (Phi) is 11.8. The molecule has 1 aliphatic heterocycles. The highest BCUT2D eigenvalue weighted by atomic mass is 16.7. The molecule has 0 saturated carbocycles. The first-order valence-corrected chi connectivity index (χ1v) is 13.3. The van der Waals surface area contributed by atoms with Crippen LogP contribution in [0.1, 0.15) is 50.5 Å². The summed E-state index contributed by atoms with van der Waals surface area (Å²) >= 11 is 0. The van der Waals surface area contributed by atoms with Crippen molar-refractivity contribution in [3.05, 3.63) is 59.7 Å². The summed E-state index contributed by atoms with van der Waals surface area (Å²) in [6.45, 7) is 4.88. The molecule has 0 aliphatic carbocycles. The normalized spacial score (nSPS) is 20.8. The molecule has 14 heteroatoms. The Morgan fingerprint density at radius 1 is 0.682 bits per heavy atom. The molecular weight excluding hydrogens is 584 g/mol. The van der Waals surface area contributed by atoms with Crippen molar-refractivity contribution >= 4 is 35.8 Å². The molecule has 0 spiro atoms. The van der Waals surface area contributed by atoms with Crippen molar-refractivity contribution in [1.82, 2.24) is 0 Å². The standard InChI is InChI=1S/C30H32O14/c1-16(31)37-14-22-13-23(39-17(2)32)11-12-24(22)43-30-28(42-20(5)35)27(41-19(4)34)26(40-18(3)33)25(44-30)15-38-29(36)21-9-7-6-8-10-21/h6-13,25-28,30H,14-15H2,1-5H3/t25-,26-,27+,28-,30-/m1/s1. The van der Waals surface area contributed by atoms with Gasteiger partial charge in [0.1, 0.15) is 30.8 Å². The van der Waals surface area contributed by atoms with Gasteiger partial charge in [0, 0.05) is 40.2 Å². The minimum atomic E-state index is -1.55. The summed E-state index contributed by atoms with van der Waals surface area (Å²) in [7, 11) is 0. The molecule has 0 amide bonds. The molecule has 44 heavy (non-hydrogen) atoms. The number of carbonyl (C=O) groups excluding carboxylic acids is 6. The quantitative estimate of drug-likeness (QED) is 0.204. The molecule has 236 valence electrons. The van der Waals surface area contributed by atoms with Crippen molar-refractivity contribution in [1.29, 1.82) is 0 Å². The molecule has 0 bridgehead atoms. The lowest BCUT2D eigenvalue weighted by atomic mass is 9.98. The van der Waals surface area contributed by atoms with Gasteiger partial charge in [-0.1, -0.05) is 18.2 Å². The molecule has 1 aliphatic rings. The Morgan fingerprint density at radius 2 is 1.30 bits per heavy atom. The van der Waals surface area contributed by atoms with Crippen LogP contribution in [0.25, 0.3) is 0 Å². The van der Waals surface area contributed by atoms with E-state index in [1.54, 1.807) is 18.2 Å². The van der Waals surface area contributed by atoms with Gasteiger partial charge in [-0.2, -0.15) is 0 Å². The average Bonchev–Trinajstić information content (AvgIpc) is 2.94. The number of hydrogen-bond acceptors (Lipinski definition) is 14. The van der Waals surface area contributed by atoms with Gasteiger partial charge < -0.3 is 37.9 Å². The SMILES string of the molecule is CC(=O)OCc1cc(OC(C)=O)ccc1O[C@@H]1O[C@H](COC(=O)c2ccccc2)[C@@H](OC(C)=O)[C@H](OC(C)=O)[C@H]1OC(C)=O. The molecule has 0 N–H and O–H groups in total. The number of ether oxygens (including phenoxy) is 8. The Morgan fingerprint density at radius 3 is 1.89 bits per heavy atom. The predicted molar refractivity (Wildman–Crippen MR) is 146 cm³/mol. The van der Waals surface area contributed by atoms with Gasteiger partial charge in [-0.15, -0.1) is 0 Å². The third-order valence-electron chi connectivity index (χ3n) is 5.85. The first-order valence-electron chi connectivity index (χ1n) is 13.3. The third kappa shape index (κ3) is 9.80. The van der Waals surface area contributed by atoms with Gasteiger partial charge in [0.05, 0.1) is 5.56 Å². The summed E-state index contributed by atoms with van der Waals surface area (Å²) in [5.74, 6) is -4.19. The molecule has 14 nitrogen and oxygen atoms in total. The van der Waals surface area contributed by atoms with E-state index in [1.165, 1.54) is 44.2 Å². The lowest BCUT2D eigenvalue weighted by Gasteiger charge is -2.44. The van der Waals surface area contributed by atoms with Crippen LogP contribution in [0.2, 0.25) is 0 Å². The Bertz CT molecular complexity index is 1370. The molecule has 0 radical (unpaired) electrons. The van der Waals surface area contributed by atoms with Crippen LogP contribution in [-0.4, -0.2) is 73.1 Å². The first-order chi connectivity index (χ1) is 20.8. The Balaban J connectivity index is 2.02. The van der Waals surface area contributed by atoms with Crippen molar-refractivity contribution in [2.75, 3.05) is 6.61 Å². The summed E-state index contributed by atoms with van der Waals surface area (Å²) in [4.78, 5) is 72.1. The molecule has 1 saturated heterocycles. The second-order valence-electron chi connectivity index (χ2n) is 9.49. The van der Waals surface area contributed by atoms with Gasteiger partial charge >= 0.3 is 35.8 Å². The van der Waals surface area contributed by atoms with Crippen LogP contribution in [0.3, 0.4) is 0 Å². The average molecular weight is 617 g/mol. The number of esters is 6. The monoisotopic (exact) mass is 616 g/mol. The molecule has 2 aromatic carbocycles. The van der Waals surface area contributed by atoms with Crippen molar-refractivity contribution in [2.45, 2.75) is 71.9 Å². The first kappa shape index (κ1) is 33.5. The van der Waals surface area contributed by atoms with E-state index in [9.17, 15) is 28.8 Å². The van der Waals surface area contributed by atoms with Crippen LogP contribution in [0.4, 0.5) is 0 Å². The molecular formula is C30H32O14. The van der Waals surface area contributed by atoms with Crippen LogP contribution >= 0.6 is 0 Å². The van der Waals surface area contributed by atoms with Crippen LogP contribution < -0.4 is 9.47 Å². The number of hydrogen-bond donors (Lipinski definition) is 0. The fraction of sp³-hybridized carbons (Fsp3) is 0.400. The lowest BCUT2D eigenvalue weighted by Crippen LogP contribution is -2.63. The van der Waals surface area contributed by atoms with Crippen molar-refractivity contribution in [3.63, 3.8) is 0 Å².